The lowest BCUT2D eigenvalue weighted by atomic mass is 10.1. The summed E-state index contributed by atoms with van der Waals surface area (Å²) in [7, 11) is -7.56. The normalized spacial score (nSPS) is 11.6. The van der Waals surface area contributed by atoms with Gasteiger partial charge in [-0.15, -0.1) is 0 Å². The van der Waals surface area contributed by atoms with Crippen LogP contribution in [0.25, 0.3) is 11.3 Å². The fraction of sp³-hybridized carbons (Fsp3) is 0.0435. The maximum atomic E-state index is 12.8. The monoisotopic (exact) mass is 496 g/mol. The SMILES string of the molecule is CS(=O)(=O)Nc1ccccc1-c1cc(Oc2ccccc2)nc(NS(=O)(=O)c2ccccc2)n1. The summed E-state index contributed by atoms with van der Waals surface area (Å²) < 4.78 is 60.0. The highest BCUT2D eigenvalue weighted by atomic mass is 32.2. The predicted molar refractivity (Wildman–Crippen MR) is 130 cm³/mol. The number of rotatable bonds is 8. The van der Waals surface area contributed by atoms with E-state index in [1.165, 1.54) is 18.2 Å². The standard InChI is InChI=1S/C23H20N4O5S2/c1-33(28,29)26-20-15-9-8-14-19(20)21-16-22(32-17-10-4-2-5-11-17)25-23(24-21)27-34(30,31)18-12-6-3-7-13-18/h2-16,26H,1H3,(H,24,25,27). The number of nitrogens with one attached hydrogen (secondary N) is 2. The van der Waals surface area contributed by atoms with Crippen LogP contribution in [0.3, 0.4) is 0 Å². The highest BCUT2D eigenvalue weighted by molar-refractivity contribution is 7.92. The Hall–Kier alpha value is -3.96. The van der Waals surface area contributed by atoms with Crippen molar-refractivity contribution in [1.82, 2.24) is 9.97 Å². The van der Waals surface area contributed by atoms with Crippen LogP contribution in [-0.4, -0.2) is 33.1 Å². The van der Waals surface area contributed by atoms with E-state index in [2.05, 4.69) is 19.4 Å². The smallest absolute Gasteiger partial charge is 0.264 e. The first-order chi connectivity index (χ1) is 16.2. The molecule has 4 aromatic rings. The molecule has 9 nitrogen and oxygen atoms in total. The Morgan fingerprint density at radius 2 is 1.35 bits per heavy atom. The number of nitrogens with zero attached hydrogens (tertiary/aromatic N) is 2. The number of sulfonamides is 2. The molecule has 0 radical (unpaired) electrons. The summed E-state index contributed by atoms with van der Waals surface area (Å²) in [5, 5.41) is 0. The van der Waals surface area contributed by atoms with Gasteiger partial charge < -0.3 is 4.74 Å². The number of aromatic nitrogens is 2. The van der Waals surface area contributed by atoms with Gasteiger partial charge in [0.1, 0.15) is 5.75 Å². The topological polar surface area (TPSA) is 127 Å². The molecule has 0 unspecified atom stereocenters. The lowest BCUT2D eigenvalue weighted by Crippen LogP contribution is -2.15. The van der Waals surface area contributed by atoms with Gasteiger partial charge in [0.05, 0.1) is 22.5 Å². The number of anilines is 2. The summed E-state index contributed by atoms with van der Waals surface area (Å²) >= 11 is 0. The van der Waals surface area contributed by atoms with E-state index in [1.54, 1.807) is 66.7 Å². The molecular weight excluding hydrogens is 476 g/mol. The third-order valence-electron chi connectivity index (χ3n) is 4.45. The van der Waals surface area contributed by atoms with Crippen LogP contribution in [0.1, 0.15) is 0 Å². The molecule has 1 aromatic heterocycles. The number of hydrogen-bond acceptors (Lipinski definition) is 7. The van der Waals surface area contributed by atoms with Gasteiger partial charge in [0.2, 0.25) is 21.9 Å². The van der Waals surface area contributed by atoms with Crippen molar-refractivity contribution in [2.45, 2.75) is 4.90 Å². The molecule has 2 N–H and O–H groups in total. The van der Waals surface area contributed by atoms with Crippen LogP contribution in [0, 0.1) is 0 Å². The van der Waals surface area contributed by atoms with Crippen molar-refractivity contribution >= 4 is 31.7 Å². The second-order valence-electron chi connectivity index (χ2n) is 7.17. The molecule has 0 saturated carbocycles. The first-order valence-electron chi connectivity index (χ1n) is 9.97. The molecule has 0 bridgehead atoms. The maximum absolute atomic E-state index is 12.8. The van der Waals surface area contributed by atoms with Crippen LogP contribution in [0.2, 0.25) is 0 Å². The predicted octanol–water partition coefficient (Wildman–Crippen LogP) is 4.11. The number of ether oxygens (including phenoxy) is 1. The fourth-order valence-corrected chi connectivity index (χ4v) is 4.59. The summed E-state index contributed by atoms with van der Waals surface area (Å²) in [6.45, 7) is 0. The lowest BCUT2D eigenvalue weighted by molar-refractivity contribution is 0.463. The summed E-state index contributed by atoms with van der Waals surface area (Å²) in [6, 6.07) is 24.7. The van der Waals surface area contributed by atoms with E-state index in [-0.39, 0.29) is 28.1 Å². The van der Waals surface area contributed by atoms with E-state index in [0.29, 0.717) is 11.3 Å². The van der Waals surface area contributed by atoms with E-state index >= 15 is 0 Å². The molecule has 174 valence electrons. The summed E-state index contributed by atoms with van der Waals surface area (Å²) in [4.78, 5) is 8.57. The van der Waals surface area contributed by atoms with Gasteiger partial charge in [-0.3, -0.25) is 4.72 Å². The van der Waals surface area contributed by atoms with Crippen molar-refractivity contribution in [2.75, 3.05) is 15.7 Å². The maximum Gasteiger partial charge on any atom is 0.264 e. The first-order valence-corrected chi connectivity index (χ1v) is 13.3. The van der Waals surface area contributed by atoms with Gasteiger partial charge in [-0.2, -0.15) is 4.98 Å². The van der Waals surface area contributed by atoms with Crippen LogP contribution in [0.5, 0.6) is 11.6 Å². The number of para-hydroxylation sites is 2. The Labute approximate surface area is 197 Å². The van der Waals surface area contributed by atoms with E-state index in [1.807, 2.05) is 6.07 Å². The number of benzene rings is 3. The van der Waals surface area contributed by atoms with Gasteiger partial charge in [-0.25, -0.2) is 26.5 Å². The Morgan fingerprint density at radius 1 is 0.735 bits per heavy atom. The zero-order valence-corrected chi connectivity index (χ0v) is 19.5. The van der Waals surface area contributed by atoms with Crippen LogP contribution in [0.4, 0.5) is 11.6 Å². The molecular formula is C23H20N4O5S2. The third-order valence-corrected chi connectivity index (χ3v) is 6.38. The Bertz CT molecular complexity index is 1510. The molecule has 3 aromatic carbocycles. The molecule has 34 heavy (non-hydrogen) atoms. The van der Waals surface area contributed by atoms with Gasteiger partial charge in [0.25, 0.3) is 10.0 Å². The second-order valence-corrected chi connectivity index (χ2v) is 10.6. The second kappa shape index (κ2) is 9.49. The molecule has 0 amide bonds. The Morgan fingerprint density at radius 3 is 2.03 bits per heavy atom. The zero-order valence-electron chi connectivity index (χ0n) is 17.9. The average Bonchev–Trinajstić information content (AvgIpc) is 2.79. The molecule has 0 aliphatic heterocycles. The van der Waals surface area contributed by atoms with Gasteiger partial charge in [-0.1, -0.05) is 54.6 Å². The molecule has 11 heteroatoms. The summed E-state index contributed by atoms with van der Waals surface area (Å²) in [5.74, 6) is 0.309. The van der Waals surface area contributed by atoms with Crippen molar-refractivity contribution in [1.29, 1.82) is 0 Å². The lowest BCUT2D eigenvalue weighted by Gasteiger charge is -2.14. The third kappa shape index (κ3) is 5.88. The molecule has 4 rings (SSSR count). The molecule has 0 spiro atoms. The van der Waals surface area contributed by atoms with E-state index in [0.717, 1.165) is 6.26 Å². The molecule has 0 aliphatic carbocycles. The van der Waals surface area contributed by atoms with E-state index in [9.17, 15) is 16.8 Å². The minimum atomic E-state index is -3.98. The quantitative estimate of drug-likeness (QED) is 0.376. The molecule has 0 aliphatic rings. The molecule has 0 fully saturated rings. The largest absolute Gasteiger partial charge is 0.439 e. The minimum absolute atomic E-state index is 0.0358. The van der Waals surface area contributed by atoms with E-state index in [4.69, 9.17) is 4.74 Å². The van der Waals surface area contributed by atoms with Crippen molar-refractivity contribution in [3.8, 4) is 22.9 Å². The van der Waals surface area contributed by atoms with Gasteiger partial charge in [-0.05, 0) is 30.3 Å². The van der Waals surface area contributed by atoms with Gasteiger partial charge >= 0.3 is 0 Å². The van der Waals surface area contributed by atoms with Crippen LogP contribution >= 0.6 is 0 Å². The first kappa shape index (κ1) is 23.2. The van der Waals surface area contributed by atoms with Crippen LogP contribution in [0.15, 0.2) is 95.9 Å². The highest BCUT2D eigenvalue weighted by Crippen LogP contribution is 2.31. The molecule has 0 saturated heterocycles. The molecule has 0 atom stereocenters. The van der Waals surface area contributed by atoms with Crippen LogP contribution in [-0.2, 0) is 20.0 Å². The molecule has 1 heterocycles. The van der Waals surface area contributed by atoms with Crippen LogP contribution < -0.4 is 14.2 Å². The van der Waals surface area contributed by atoms with Crippen molar-refractivity contribution in [3.05, 3.63) is 91.0 Å². The zero-order chi connectivity index (χ0) is 24.2. The summed E-state index contributed by atoms with van der Waals surface area (Å²) in [6.07, 6.45) is 1.03. The van der Waals surface area contributed by atoms with Gasteiger partial charge in [0, 0.05) is 11.6 Å². The summed E-state index contributed by atoms with van der Waals surface area (Å²) in [5.41, 5.74) is 0.929. The Kier molecular flexibility index (Phi) is 6.48. The van der Waals surface area contributed by atoms with Crippen molar-refractivity contribution < 1.29 is 21.6 Å². The van der Waals surface area contributed by atoms with Crippen molar-refractivity contribution in [3.63, 3.8) is 0 Å². The van der Waals surface area contributed by atoms with Crippen molar-refractivity contribution in [2.24, 2.45) is 0 Å². The average molecular weight is 497 g/mol. The fourth-order valence-electron chi connectivity index (χ4n) is 3.04. The number of hydrogen-bond donors (Lipinski definition) is 2. The van der Waals surface area contributed by atoms with Gasteiger partial charge in [0.15, 0.2) is 0 Å². The van der Waals surface area contributed by atoms with E-state index < -0.39 is 20.0 Å². The highest BCUT2D eigenvalue weighted by Gasteiger charge is 2.19. The Balaban J connectivity index is 1.80. The minimum Gasteiger partial charge on any atom is -0.439 e.